The maximum absolute atomic E-state index is 9.01. The van der Waals surface area contributed by atoms with Crippen molar-refractivity contribution in [2.24, 2.45) is 5.92 Å². The van der Waals surface area contributed by atoms with Crippen molar-refractivity contribution in [3.05, 3.63) is 29.8 Å². The largest absolute Gasteiger partial charge is 0.198 e. The first-order chi connectivity index (χ1) is 7.29. The third-order valence-electron chi connectivity index (χ3n) is 2.90. The van der Waals surface area contributed by atoms with Gasteiger partial charge in [0.15, 0.2) is 0 Å². The summed E-state index contributed by atoms with van der Waals surface area (Å²) < 4.78 is 0. The summed E-state index contributed by atoms with van der Waals surface area (Å²) >= 11 is 1.88. The molecule has 1 aromatic carbocycles. The Labute approximate surface area is 95.5 Å². The Balaban J connectivity index is 2.06. The number of rotatable bonds is 2. The number of nitrogens with zero attached hydrogens (tertiary/aromatic N) is 1. The summed E-state index contributed by atoms with van der Waals surface area (Å²) in [4.78, 5) is 1.31. The molecule has 2 atom stereocenters. The lowest BCUT2D eigenvalue weighted by Crippen LogP contribution is -2.07. The topological polar surface area (TPSA) is 23.8 Å². The third-order valence-corrected chi connectivity index (χ3v) is 4.29. The van der Waals surface area contributed by atoms with Crippen molar-refractivity contribution in [3.8, 4) is 6.07 Å². The van der Waals surface area contributed by atoms with Crippen LogP contribution in [0.2, 0.25) is 0 Å². The molecule has 1 aliphatic carbocycles. The molecule has 0 bridgehead atoms. The van der Waals surface area contributed by atoms with Crippen molar-refractivity contribution in [1.29, 1.82) is 5.26 Å². The Hall–Kier alpha value is -0.940. The Morgan fingerprint density at radius 3 is 3.00 bits per heavy atom. The van der Waals surface area contributed by atoms with E-state index in [1.165, 1.54) is 23.3 Å². The van der Waals surface area contributed by atoms with Crippen molar-refractivity contribution in [3.63, 3.8) is 0 Å². The quantitative estimate of drug-likeness (QED) is 0.752. The molecular weight excluding hydrogens is 202 g/mol. The van der Waals surface area contributed by atoms with Crippen LogP contribution in [0.1, 0.15) is 24.8 Å². The van der Waals surface area contributed by atoms with Crippen molar-refractivity contribution in [2.45, 2.75) is 36.3 Å². The summed E-state index contributed by atoms with van der Waals surface area (Å²) in [6.45, 7) is 2.11. The van der Waals surface area contributed by atoms with Crippen molar-refractivity contribution >= 4 is 11.8 Å². The molecule has 1 aromatic rings. The van der Waals surface area contributed by atoms with E-state index < -0.39 is 0 Å². The van der Waals surface area contributed by atoms with Crippen LogP contribution in [0.15, 0.2) is 29.2 Å². The van der Waals surface area contributed by atoms with Gasteiger partial charge in [-0.3, -0.25) is 0 Å². The van der Waals surface area contributed by atoms with Gasteiger partial charge in [0.1, 0.15) is 0 Å². The van der Waals surface area contributed by atoms with Gasteiger partial charge >= 0.3 is 0 Å². The molecule has 0 aromatic heterocycles. The lowest BCUT2D eigenvalue weighted by atomic mass is 10.1. The van der Waals surface area contributed by atoms with Gasteiger partial charge in [0.05, 0.1) is 12.0 Å². The minimum Gasteiger partial charge on any atom is -0.198 e. The molecule has 0 spiro atoms. The first kappa shape index (κ1) is 10.6. The molecule has 2 heteroatoms. The van der Waals surface area contributed by atoms with Crippen molar-refractivity contribution < 1.29 is 0 Å². The molecule has 0 amide bonds. The minimum atomic E-state index is 0.260. The summed E-state index contributed by atoms with van der Waals surface area (Å²) in [5.74, 6) is 0.260. The molecule has 0 N–H and O–H groups in total. The number of thioether (sulfide) groups is 1. The molecule has 1 saturated carbocycles. The lowest BCUT2D eigenvalue weighted by molar-refractivity contribution is 0.714. The van der Waals surface area contributed by atoms with E-state index in [1.54, 1.807) is 0 Å². The average Bonchev–Trinajstić information content (AvgIpc) is 2.65. The van der Waals surface area contributed by atoms with Crippen LogP contribution < -0.4 is 0 Å². The maximum atomic E-state index is 9.01. The van der Waals surface area contributed by atoms with Gasteiger partial charge in [0.2, 0.25) is 0 Å². The molecule has 0 saturated heterocycles. The van der Waals surface area contributed by atoms with E-state index in [9.17, 15) is 0 Å². The van der Waals surface area contributed by atoms with Gasteiger partial charge in [-0.05, 0) is 31.9 Å². The van der Waals surface area contributed by atoms with Gasteiger partial charge in [-0.15, -0.1) is 11.8 Å². The zero-order chi connectivity index (χ0) is 10.7. The Kier molecular flexibility index (Phi) is 3.33. The first-order valence-electron chi connectivity index (χ1n) is 5.42. The Morgan fingerprint density at radius 1 is 1.40 bits per heavy atom. The fourth-order valence-electron chi connectivity index (χ4n) is 2.08. The van der Waals surface area contributed by atoms with Crippen molar-refractivity contribution in [1.82, 2.24) is 0 Å². The Morgan fingerprint density at radius 2 is 2.27 bits per heavy atom. The molecule has 2 rings (SSSR count). The van der Waals surface area contributed by atoms with E-state index in [4.69, 9.17) is 5.26 Å². The second kappa shape index (κ2) is 4.72. The van der Waals surface area contributed by atoms with Crippen LogP contribution in [0.4, 0.5) is 0 Å². The normalized spacial score (nSPS) is 25.1. The van der Waals surface area contributed by atoms with E-state index in [2.05, 4.69) is 37.3 Å². The predicted octanol–water partition coefficient (Wildman–Crippen LogP) is 3.78. The van der Waals surface area contributed by atoms with E-state index in [1.807, 2.05) is 11.8 Å². The van der Waals surface area contributed by atoms with Gasteiger partial charge in [0, 0.05) is 10.1 Å². The van der Waals surface area contributed by atoms with Gasteiger partial charge in [-0.1, -0.05) is 24.1 Å². The van der Waals surface area contributed by atoms with Gasteiger partial charge in [-0.25, -0.2) is 0 Å². The summed E-state index contributed by atoms with van der Waals surface area (Å²) in [6.07, 6.45) is 3.48. The fraction of sp³-hybridized carbons (Fsp3) is 0.462. The summed E-state index contributed by atoms with van der Waals surface area (Å²) in [6, 6.07) is 11.0. The number of aryl methyl sites for hydroxylation is 1. The second-order valence-electron chi connectivity index (χ2n) is 4.14. The van der Waals surface area contributed by atoms with Crippen LogP contribution in [0.25, 0.3) is 0 Å². The molecule has 78 valence electrons. The highest BCUT2D eigenvalue weighted by Gasteiger charge is 2.27. The molecule has 15 heavy (non-hydrogen) atoms. The SMILES string of the molecule is Cc1cccc(SC2CCCC2C#N)c1. The minimum absolute atomic E-state index is 0.260. The van der Waals surface area contributed by atoms with E-state index in [-0.39, 0.29) is 5.92 Å². The standard InChI is InChI=1S/C13H15NS/c1-10-4-2-6-12(8-10)15-13-7-3-5-11(13)9-14/h2,4,6,8,11,13H,3,5,7H2,1H3. The molecule has 1 aliphatic rings. The molecular formula is C13H15NS. The molecule has 0 radical (unpaired) electrons. The van der Waals surface area contributed by atoms with Crippen LogP contribution in [-0.2, 0) is 0 Å². The molecule has 1 fully saturated rings. The molecule has 2 unspecified atom stereocenters. The summed E-state index contributed by atoms with van der Waals surface area (Å²) in [7, 11) is 0. The van der Waals surface area contributed by atoms with E-state index >= 15 is 0 Å². The lowest BCUT2D eigenvalue weighted by Gasteiger charge is -2.12. The third kappa shape index (κ3) is 2.54. The van der Waals surface area contributed by atoms with Crippen LogP contribution in [-0.4, -0.2) is 5.25 Å². The van der Waals surface area contributed by atoms with Crippen LogP contribution in [0.3, 0.4) is 0 Å². The number of nitriles is 1. The summed E-state index contributed by atoms with van der Waals surface area (Å²) in [5.41, 5.74) is 1.30. The van der Waals surface area contributed by atoms with Crippen LogP contribution in [0.5, 0.6) is 0 Å². The van der Waals surface area contributed by atoms with Gasteiger partial charge < -0.3 is 0 Å². The smallest absolute Gasteiger partial charge is 0.0667 e. The second-order valence-corrected chi connectivity index (χ2v) is 5.45. The summed E-state index contributed by atoms with van der Waals surface area (Å²) in [5, 5.41) is 9.52. The molecule has 0 aliphatic heterocycles. The van der Waals surface area contributed by atoms with Crippen molar-refractivity contribution in [2.75, 3.05) is 0 Å². The highest BCUT2D eigenvalue weighted by Crippen LogP contribution is 2.38. The predicted molar refractivity (Wildman–Crippen MR) is 63.8 cm³/mol. The number of hydrogen-bond acceptors (Lipinski definition) is 2. The highest BCUT2D eigenvalue weighted by atomic mass is 32.2. The van der Waals surface area contributed by atoms with E-state index in [0.29, 0.717) is 5.25 Å². The first-order valence-corrected chi connectivity index (χ1v) is 6.30. The zero-order valence-electron chi connectivity index (χ0n) is 8.94. The van der Waals surface area contributed by atoms with Crippen LogP contribution >= 0.6 is 11.8 Å². The monoisotopic (exact) mass is 217 g/mol. The van der Waals surface area contributed by atoms with E-state index in [0.717, 1.165) is 6.42 Å². The van der Waals surface area contributed by atoms with Gasteiger partial charge in [0.25, 0.3) is 0 Å². The highest BCUT2D eigenvalue weighted by molar-refractivity contribution is 8.00. The van der Waals surface area contributed by atoms with Gasteiger partial charge in [-0.2, -0.15) is 5.26 Å². The maximum Gasteiger partial charge on any atom is 0.0667 e. The average molecular weight is 217 g/mol. The Bertz CT molecular complexity index is 380. The zero-order valence-corrected chi connectivity index (χ0v) is 9.76. The number of hydrogen-bond donors (Lipinski definition) is 0. The molecule has 1 nitrogen and oxygen atoms in total. The fourth-order valence-corrected chi connectivity index (χ4v) is 3.48. The molecule has 0 heterocycles. The van der Waals surface area contributed by atoms with Crippen LogP contribution in [0, 0.1) is 24.2 Å². The number of benzene rings is 1.